The van der Waals surface area contributed by atoms with Crippen LogP contribution in [0.3, 0.4) is 0 Å². The zero-order chi connectivity index (χ0) is 14.8. The van der Waals surface area contributed by atoms with Crippen molar-refractivity contribution in [3.8, 4) is 0 Å². The number of halogens is 1. The Morgan fingerprint density at radius 2 is 2.10 bits per heavy atom. The second kappa shape index (κ2) is 5.36. The number of rotatable bonds is 3. The molecule has 5 heteroatoms. The summed E-state index contributed by atoms with van der Waals surface area (Å²) in [7, 11) is 0. The Hall–Kier alpha value is -2.69. The highest BCUT2D eigenvalue weighted by atomic mass is 19.1. The van der Waals surface area contributed by atoms with Crippen LogP contribution in [-0.4, -0.2) is 12.0 Å². The predicted molar refractivity (Wildman–Crippen MR) is 79.4 cm³/mol. The number of nitrogens with one attached hydrogen (secondary N) is 1. The first-order chi connectivity index (χ1) is 10.2. The highest BCUT2D eigenvalue weighted by Crippen LogP contribution is 2.23. The lowest BCUT2D eigenvalue weighted by Gasteiger charge is -2.22. The van der Waals surface area contributed by atoms with E-state index in [9.17, 15) is 9.18 Å². The molecule has 0 fully saturated rings. The third-order valence-electron chi connectivity index (χ3n) is 3.51. The first-order valence-corrected chi connectivity index (χ1v) is 6.59. The lowest BCUT2D eigenvalue weighted by Crippen LogP contribution is -2.28. The summed E-state index contributed by atoms with van der Waals surface area (Å²) in [6, 6.07) is 11.8. The van der Waals surface area contributed by atoms with E-state index in [0.717, 1.165) is 28.7 Å². The smallest absolute Gasteiger partial charge is 0.148 e. The lowest BCUT2D eigenvalue weighted by molar-refractivity contribution is -0.109. The number of carbonyl (C=O) groups excluding carboxylic acids is 1. The molecule has 0 aromatic heterocycles. The molecule has 1 atom stereocenters. The second-order valence-corrected chi connectivity index (χ2v) is 4.92. The summed E-state index contributed by atoms with van der Waals surface area (Å²) in [6.07, 6.45) is 1.34. The van der Waals surface area contributed by atoms with Crippen LogP contribution in [0.4, 0.5) is 10.1 Å². The number of anilines is 1. The molecule has 106 valence electrons. The Bertz CT molecular complexity index is 727. The minimum Gasteiger partial charge on any atom is -0.396 e. The number of hydrogen-bond acceptors (Lipinski definition) is 4. The first-order valence-electron chi connectivity index (χ1n) is 6.59. The van der Waals surface area contributed by atoms with Gasteiger partial charge in [-0.3, -0.25) is 5.43 Å². The van der Waals surface area contributed by atoms with Crippen LogP contribution in [0.2, 0.25) is 0 Å². The van der Waals surface area contributed by atoms with Crippen molar-refractivity contribution in [1.82, 2.24) is 5.43 Å². The van der Waals surface area contributed by atoms with E-state index in [4.69, 9.17) is 5.73 Å². The van der Waals surface area contributed by atoms with Crippen LogP contribution in [0.25, 0.3) is 0 Å². The molecule has 3 rings (SSSR count). The van der Waals surface area contributed by atoms with E-state index in [2.05, 4.69) is 10.5 Å². The van der Waals surface area contributed by atoms with Gasteiger partial charge in [-0.15, -0.1) is 0 Å². The summed E-state index contributed by atoms with van der Waals surface area (Å²) in [5.74, 6) is -0.427. The van der Waals surface area contributed by atoms with Crippen molar-refractivity contribution >= 4 is 17.7 Å². The SMILES string of the molecule is Nc1cc(CC2=NNC(C=O)c3ccccc32)ccc1F. The van der Waals surface area contributed by atoms with Gasteiger partial charge in [-0.1, -0.05) is 30.3 Å². The van der Waals surface area contributed by atoms with Gasteiger partial charge in [0, 0.05) is 12.0 Å². The molecule has 1 heterocycles. The average molecular weight is 283 g/mol. The van der Waals surface area contributed by atoms with Crippen molar-refractivity contribution in [2.45, 2.75) is 12.5 Å². The van der Waals surface area contributed by atoms with E-state index < -0.39 is 11.9 Å². The van der Waals surface area contributed by atoms with Gasteiger partial charge in [0.1, 0.15) is 18.1 Å². The zero-order valence-electron chi connectivity index (χ0n) is 11.2. The van der Waals surface area contributed by atoms with E-state index >= 15 is 0 Å². The minimum atomic E-state index is -0.428. The number of carbonyl (C=O) groups is 1. The fourth-order valence-electron chi connectivity index (χ4n) is 2.44. The highest BCUT2D eigenvalue weighted by Gasteiger charge is 2.21. The Labute approximate surface area is 121 Å². The summed E-state index contributed by atoms with van der Waals surface area (Å²) in [5.41, 5.74) is 12.0. The molecule has 2 aromatic carbocycles. The average Bonchev–Trinajstić information content (AvgIpc) is 2.51. The number of fused-ring (bicyclic) bond motifs is 1. The summed E-state index contributed by atoms with van der Waals surface area (Å²) in [6.45, 7) is 0. The van der Waals surface area contributed by atoms with Crippen molar-refractivity contribution < 1.29 is 9.18 Å². The standard InChI is InChI=1S/C16H14FN3O/c17-13-6-5-10(7-14(13)18)8-15-11-3-1-2-4-12(11)16(9-21)20-19-15/h1-7,9,16,20H,8,18H2. The number of hydrogen-bond donors (Lipinski definition) is 2. The van der Waals surface area contributed by atoms with Gasteiger partial charge in [-0.05, 0) is 23.3 Å². The van der Waals surface area contributed by atoms with E-state index in [1.165, 1.54) is 6.07 Å². The van der Waals surface area contributed by atoms with Crippen molar-refractivity contribution in [3.63, 3.8) is 0 Å². The van der Waals surface area contributed by atoms with Gasteiger partial charge in [-0.25, -0.2) is 4.39 Å². The van der Waals surface area contributed by atoms with Crippen molar-refractivity contribution in [1.29, 1.82) is 0 Å². The van der Waals surface area contributed by atoms with Gasteiger partial charge in [0.25, 0.3) is 0 Å². The van der Waals surface area contributed by atoms with E-state index in [1.807, 2.05) is 24.3 Å². The van der Waals surface area contributed by atoms with Gasteiger partial charge < -0.3 is 10.5 Å². The molecule has 0 radical (unpaired) electrons. The van der Waals surface area contributed by atoms with Crippen LogP contribution < -0.4 is 11.2 Å². The van der Waals surface area contributed by atoms with Crippen LogP contribution in [0, 0.1) is 5.82 Å². The largest absolute Gasteiger partial charge is 0.396 e. The van der Waals surface area contributed by atoms with Crippen LogP contribution in [0.1, 0.15) is 22.7 Å². The monoisotopic (exact) mass is 283 g/mol. The van der Waals surface area contributed by atoms with Crippen LogP contribution in [-0.2, 0) is 11.2 Å². The molecule has 1 unspecified atom stereocenters. The van der Waals surface area contributed by atoms with Crippen molar-refractivity contribution in [3.05, 3.63) is 65.0 Å². The molecule has 0 saturated heterocycles. The molecule has 1 aliphatic rings. The van der Waals surface area contributed by atoms with E-state index in [-0.39, 0.29) is 5.69 Å². The zero-order valence-corrected chi connectivity index (χ0v) is 11.2. The maximum atomic E-state index is 13.2. The van der Waals surface area contributed by atoms with Gasteiger partial charge in [0.2, 0.25) is 0 Å². The number of nitrogen functional groups attached to an aromatic ring is 1. The molecular formula is C16H14FN3O. The molecular weight excluding hydrogens is 269 g/mol. The maximum Gasteiger partial charge on any atom is 0.148 e. The lowest BCUT2D eigenvalue weighted by atomic mass is 9.93. The maximum absolute atomic E-state index is 13.2. The van der Waals surface area contributed by atoms with Gasteiger partial charge >= 0.3 is 0 Å². The molecule has 2 aromatic rings. The van der Waals surface area contributed by atoms with Crippen molar-refractivity contribution in [2.24, 2.45) is 5.10 Å². The normalized spacial score (nSPS) is 16.6. The number of nitrogens with two attached hydrogens (primary N) is 1. The van der Waals surface area contributed by atoms with Crippen LogP contribution in [0.5, 0.6) is 0 Å². The highest BCUT2D eigenvalue weighted by molar-refractivity contribution is 6.04. The molecule has 0 bridgehead atoms. The summed E-state index contributed by atoms with van der Waals surface area (Å²) in [4.78, 5) is 11.1. The number of aldehydes is 1. The van der Waals surface area contributed by atoms with Crippen LogP contribution in [0.15, 0.2) is 47.6 Å². The van der Waals surface area contributed by atoms with Gasteiger partial charge in [0.05, 0.1) is 11.4 Å². The summed E-state index contributed by atoms with van der Waals surface area (Å²) in [5, 5.41) is 4.27. The molecule has 3 N–H and O–H groups in total. The minimum absolute atomic E-state index is 0.121. The fraction of sp³-hybridized carbons (Fsp3) is 0.125. The molecule has 21 heavy (non-hydrogen) atoms. The molecule has 0 amide bonds. The van der Waals surface area contributed by atoms with Gasteiger partial charge in [0.15, 0.2) is 0 Å². The Balaban J connectivity index is 1.94. The van der Waals surface area contributed by atoms with Gasteiger partial charge in [-0.2, -0.15) is 5.10 Å². The summed E-state index contributed by atoms with van der Waals surface area (Å²) >= 11 is 0. The number of benzene rings is 2. The van der Waals surface area contributed by atoms with E-state index in [1.54, 1.807) is 12.1 Å². The Kier molecular flexibility index (Phi) is 3.39. The molecule has 0 aliphatic carbocycles. The predicted octanol–water partition coefficient (Wildman–Crippen LogP) is 2.20. The third-order valence-corrected chi connectivity index (χ3v) is 3.51. The first kappa shape index (κ1) is 13.3. The summed E-state index contributed by atoms with van der Waals surface area (Å²) < 4.78 is 13.2. The topological polar surface area (TPSA) is 67.5 Å². The van der Waals surface area contributed by atoms with Crippen LogP contribution >= 0.6 is 0 Å². The van der Waals surface area contributed by atoms with E-state index in [0.29, 0.717) is 6.42 Å². The number of nitrogens with zero attached hydrogens (tertiary/aromatic N) is 1. The molecule has 4 nitrogen and oxygen atoms in total. The fourth-order valence-corrected chi connectivity index (χ4v) is 2.44. The second-order valence-electron chi connectivity index (χ2n) is 4.92. The Morgan fingerprint density at radius 1 is 1.29 bits per heavy atom. The molecule has 0 spiro atoms. The number of hydrazone groups is 1. The Morgan fingerprint density at radius 3 is 2.86 bits per heavy atom. The molecule has 1 aliphatic heterocycles. The van der Waals surface area contributed by atoms with Crippen molar-refractivity contribution in [2.75, 3.05) is 5.73 Å². The third kappa shape index (κ3) is 2.50. The molecule has 0 saturated carbocycles. The quantitative estimate of drug-likeness (QED) is 0.670.